The number of rotatable bonds is 3. The summed E-state index contributed by atoms with van der Waals surface area (Å²) in [5.41, 5.74) is 0.263. The Labute approximate surface area is 138 Å². The number of ether oxygens (including phenoxy) is 1. The second kappa shape index (κ2) is 5.99. The van der Waals surface area contributed by atoms with Gasteiger partial charge in [-0.2, -0.15) is 0 Å². The van der Waals surface area contributed by atoms with Gasteiger partial charge < -0.3 is 25.0 Å². The van der Waals surface area contributed by atoms with Crippen LogP contribution in [0.1, 0.15) is 32.6 Å². The van der Waals surface area contributed by atoms with E-state index >= 15 is 0 Å². The summed E-state index contributed by atoms with van der Waals surface area (Å²) < 4.78 is 5.74. The van der Waals surface area contributed by atoms with E-state index in [0.29, 0.717) is 13.2 Å². The van der Waals surface area contributed by atoms with Crippen LogP contribution in [-0.2, 0) is 9.53 Å². The van der Waals surface area contributed by atoms with Crippen LogP contribution in [0, 0.1) is 5.41 Å². The van der Waals surface area contributed by atoms with Crippen molar-refractivity contribution in [2.24, 2.45) is 5.41 Å². The zero-order valence-corrected chi connectivity index (χ0v) is 14.0. The minimum absolute atomic E-state index is 0.0848. The van der Waals surface area contributed by atoms with Gasteiger partial charge in [0.2, 0.25) is 5.91 Å². The second-order valence-corrected chi connectivity index (χ2v) is 7.94. The fourth-order valence-corrected chi connectivity index (χ4v) is 4.52. The molecule has 3 saturated heterocycles. The van der Waals surface area contributed by atoms with Gasteiger partial charge in [-0.25, -0.2) is 0 Å². The highest BCUT2D eigenvalue weighted by atomic mass is 16.5. The van der Waals surface area contributed by atoms with Crippen LogP contribution in [0.25, 0.3) is 0 Å². The first-order chi connectivity index (χ1) is 11.1. The van der Waals surface area contributed by atoms with Crippen LogP contribution in [0.5, 0.6) is 0 Å². The molecule has 1 amide bonds. The molecule has 0 aromatic rings. The van der Waals surface area contributed by atoms with E-state index in [1.807, 2.05) is 6.92 Å². The van der Waals surface area contributed by atoms with E-state index in [2.05, 4.69) is 15.1 Å². The molecule has 0 aromatic carbocycles. The van der Waals surface area contributed by atoms with Crippen molar-refractivity contribution in [2.45, 2.75) is 56.8 Å². The van der Waals surface area contributed by atoms with Gasteiger partial charge in [0.15, 0.2) is 0 Å². The molecule has 0 radical (unpaired) electrons. The van der Waals surface area contributed by atoms with Crippen molar-refractivity contribution < 1.29 is 14.6 Å². The molecule has 130 valence electrons. The van der Waals surface area contributed by atoms with Gasteiger partial charge in [0.05, 0.1) is 37.4 Å². The highest BCUT2D eigenvalue weighted by molar-refractivity contribution is 5.83. The maximum absolute atomic E-state index is 12.5. The molecule has 4 atom stereocenters. The predicted molar refractivity (Wildman–Crippen MR) is 86.1 cm³/mol. The number of carbonyl (C=O) groups is 1. The largest absolute Gasteiger partial charge is 0.391 e. The van der Waals surface area contributed by atoms with Crippen molar-refractivity contribution in [3.05, 3.63) is 0 Å². The summed E-state index contributed by atoms with van der Waals surface area (Å²) in [6, 6.07) is 0.275. The van der Waals surface area contributed by atoms with Crippen molar-refractivity contribution in [1.29, 1.82) is 0 Å². The zero-order valence-electron chi connectivity index (χ0n) is 14.0. The van der Waals surface area contributed by atoms with E-state index in [1.165, 1.54) is 12.8 Å². The SMILES string of the molecule is C[C@@H]1NC[C@@H]2COC[C@H](CCN3CCC4(CC4)[C@H](O)C3)N2C1=O. The van der Waals surface area contributed by atoms with Crippen LogP contribution in [0.15, 0.2) is 0 Å². The Kier molecular flexibility index (Phi) is 4.12. The number of fused-ring (bicyclic) bond motifs is 1. The molecular weight excluding hydrogens is 294 g/mol. The van der Waals surface area contributed by atoms with E-state index in [1.54, 1.807) is 0 Å². The molecule has 3 heterocycles. The van der Waals surface area contributed by atoms with Gasteiger partial charge in [0.25, 0.3) is 0 Å². The normalized spacial score (nSPS) is 40.3. The summed E-state index contributed by atoms with van der Waals surface area (Å²) in [6.45, 7) is 6.89. The first kappa shape index (κ1) is 15.8. The van der Waals surface area contributed by atoms with E-state index in [9.17, 15) is 9.90 Å². The van der Waals surface area contributed by atoms with Gasteiger partial charge in [0.1, 0.15) is 0 Å². The molecule has 1 aliphatic carbocycles. The number of hydrogen-bond acceptors (Lipinski definition) is 5. The van der Waals surface area contributed by atoms with Crippen LogP contribution < -0.4 is 5.32 Å². The number of carbonyl (C=O) groups excluding carboxylic acids is 1. The summed E-state index contributed by atoms with van der Waals surface area (Å²) in [5.74, 6) is 0.213. The summed E-state index contributed by atoms with van der Waals surface area (Å²) in [7, 11) is 0. The number of nitrogens with one attached hydrogen (secondary N) is 1. The molecule has 0 unspecified atom stereocenters. The summed E-state index contributed by atoms with van der Waals surface area (Å²) in [4.78, 5) is 17.0. The minimum atomic E-state index is -0.160. The number of piperazine rings is 1. The number of piperidine rings is 1. The van der Waals surface area contributed by atoms with E-state index in [-0.39, 0.29) is 35.6 Å². The van der Waals surface area contributed by atoms with Gasteiger partial charge in [-0.15, -0.1) is 0 Å². The minimum Gasteiger partial charge on any atom is -0.391 e. The van der Waals surface area contributed by atoms with E-state index < -0.39 is 0 Å². The maximum atomic E-state index is 12.5. The summed E-state index contributed by atoms with van der Waals surface area (Å²) >= 11 is 0. The van der Waals surface area contributed by atoms with Gasteiger partial charge in [-0.05, 0) is 44.6 Å². The Morgan fingerprint density at radius 3 is 2.91 bits per heavy atom. The fourth-order valence-electron chi connectivity index (χ4n) is 4.52. The van der Waals surface area contributed by atoms with Crippen molar-refractivity contribution in [3.8, 4) is 0 Å². The third-order valence-electron chi connectivity index (χ3n) is 6.43. The molecule has 4 rings (SSSR count). The van der Waals surface area contributed by atoms with Gasteiger partial charge in [0, 0.05) is 19.6 Å². The van der Waals surface area contributed by atoms with Crippen molar-refractivity contribution in [2.75, 3.05) is 39.4 Å². The Morgan fingerprint density at radius 1 is 1.35 bits per heavy atom. The zero-order chi connectivity index (χ0) is 16.0. The lowest BCUT2D eigenvalue weighted by molar-refractivity contribution is -0.153. The Balaban J connectivity index is 1.33. The Morgan fingerprint density at radius 2 is 2.17 bits per heavy atom. The molecule has 23 heavy (non-hydrogen) atoms. The van der Waals surface area contributed by atoms with Crippen LogP contribution in [0.3, 0.4) is 0 Å². The molecule has 1 spiro atoms. The van der Waals surface area contributed by atoms with Crippen LogP contribution in [-0.4, -0.2) is 84.4 Å². The maximum Gasteiger partial charge on any atom is 0.240 e. The van der Waals surface area contributed by atoms with Gasteiger partial charge in [-0.3, -0.25) is 4.79 Å². The van der Waals surface area contributed by atoms with Gasteiger partial charge in [-0.1, -0.05) is 0 Å². The topological polar surface area (TPSA) is 65.0 Å². The van der Waals surface area contributed by atoms with E-state index in [0.717, 1.165) is 39.0 Å². The highest BCUT2D eigenvalue weighted by Gasteiger charge is 2.51. The number of aliphatic hydroxyl groups is 1. The molecule has 6 heteroatoms. The predicted octanol–water partition coefficient (Wildman–Crippen LogP) is -0.189. The first-order valence-electron chi connectivity index (χ1n) is 9.13. The number of nitrogens with zero attached hydrogens (tertiary/aromatic N) is 2. The molecular formula is C17H29N3O3. The molecule has 6 nitrogen and oxygen atoms in total. The molecule has 4 aliphatic rings. The second-order valence-electron chi connectivity index (χ2n) is 7.94. The summed E-state index contributed by atoms with van der Waals surface area (Å²) in [5, 5.41) is 13.6. The first-order valence-corrected chi connectivity index (χ1v) is 9.13. The van der Waals surface area contributed by atoms with Crippen LogP contribution >= 0.6 is 0 Å². The molecule has 4 fully saturated rings. The molecule has 3 aliphatic heterocycles. The monoisotopic (exact) mass is 323 g/mol. The Bertz CT molecular complexity index is 468. The highest BCUT2D eigenvalue weighted by Crippen LogP contribution is 2.53. The standard InChI is InChI=1S/C17H29N3O3/c1-12-16(22)20-13(10-23-11-14(20)8-18-12)2-6-19-7-5-17(3-4-17)15(21)9-19/h12-15,18,21H,2-11H2,1H3/t12-,13-,14+,15+/m0/s1. The Hall–Kier alpha value is -0.690. The van der Waals surface area contributed by atoms with Gasteiger partial charge >= 0.3 is 0 Å². The number of hydrogen-bond donors (Lipinski definition) is 2. The van der Waals surface area contributed by atoms with Crippen LogP contribution in [0.2, 0.25) is 0 Å². The van der Waals surface area contributed by atoms with Crippen molar-refractivity contribution >= 4 is 5.91 Å². The quantitative estimate of drug-likeness (QED) is 0.754. The lowest BCUT2D eigenvalue weighted by Gasteiger charge is -2.47. The molecule has 2 N–H and O–H groups in total. The number of aliphatic hydroxyl groups excluding tert-OH is 1. The molecule has 0 bridgehead atoms. The third kappa shape index (κ3) is 2.90. The average molecular weight is 323 g/mol. The third-order valence-corrected chi connectivity index (χ3v) is 6.43. The summed E-state index contributed by atoms with van der Waals surface area (Å²) in [6.07, 6.45) is 4.31. The number of likely N-dealkylation sites (tertiary alicyclic amines) is 1. The number of amides is 1. The number of β-amino-alcohol motifs (C(OH)–C–C–N with tert-alkyl or cyclic N) is 1. The van der Waals surface area contributed by atoms with Crippen molar-refractivity contribution in [3.63, 3.8) is 0 Å². The van der Waals surface area contributed by atoms with Crippen molar-refractivity contribution in [1.82, 2.24) is 15.1 Å². The smallest absolute Gasteiger partial charge is 0.240 e. The molecule has 1 saturated carbocycles. The molecule has 0 aromatic heterocycles. The lowest BCUT2D eigenvalue weighted by Crippen LogP contribution is -2.66. The van der Waals surface area contributed by atoms with E-state index in [4.69, 9.17) is 4.74 Å². The fraction of sp³-hybridized carbons (Fsp3) is 0.941. The number of morpholine rings is 1. The van der Waals surface area contributed by atoms with Crippen LogP contribution in [0.4, 0.5) is 0 Å². The lowest BCUT2D eigenvalue weighted by atomic mass is 9.90. The average Bonchev–Trinajstić information content (AvgIpc) is 3.33.